The average molecular weight is 261 g/mol. The van der Waals surface area contributed by atoms with Crippen LogP contribution >= 0.6 is 0 Å². The largest absolute Gasteiger partial charge is 0.480 e. The van der Waals surface area contributed by atoms with E-state index < -0.39 is 24.6 Å². The molecule has 0 aliphatic rings. The van der Waals surface area contributed by atoms with Gasteiger partial charge in [-0.1, -0.05) is 13.8 Å². The molecule has 0 radical (unpaired) electrons. The van der Waals surface area contributed by atoms with Crippen LogP contribution in [0, 0.1) is 5.92 Å². The van der Waals surface area contributed by atoms with E-state index in [-0.39, 0.29) is 25.0 Å². The smallest absolute Gasteiger partial charge is 0.329 e. The summed E-state index contributed by atoms with van der Waals surface area (Å²) in [4.78, 5) is 32.5. The molecule has 1 unspecified atom stereocenters. The molecule has 0 saturated carbocycles. The maximum atomic E-state index is 11.7. The first-order chi connectivity index (χ1) is 8.34. The van der Waals surface area contributed by atoms with Crippen molar-refractivity contribution in [2.24, 2.45) is 11.7 Å². The highest BCUT2D eigenvalue weighted by atomic mass is 16.5. The molecule has 0 saturated heterocycles. The molecule has 0 fully saturated rings. The molecule has 0 aliphatic heterocycles. The van der Waals surface area contributed by atoms with Crippen molar-refractivity contribution in [3.63, 3.8) is 0 Å². The number of amides is 3. The molecule has 18 heavy (non-hydrogen) atoms. The number of nitrogens with two attached hydrogens (primary N) is 1. The summed E-state index contributed by atoms with van der Waals surface area (Å²) in [5.74, 6) is -1.57. The van der Waals surface area contributed by atoms with E-state index in [4.69, 9.17) is 15.6 Å². The van der Waals surface area contributed by atoms with Gasteiger partial charge in [-0.25, -0.2) is 9.59 Å². The van der Waals surface area contributed by atoms with Gasteiger partial charge in [0.05, 0.1) is 6.61 Å². The highest BCUT2D eigenvalue weighted by Crippen LogP contribution is 2.01. The van der Waals surface area contributed by atoms with E-state index in [1.807, 2.05) is 0 Å². The molecule has 8 nitrogen and oxygen atoms in total. The molecular formula is C10H19N3O5. The van der Waals surface area contributed by atoms with Gasteiger partial charge in [0.2, 0.25) is 5.91 Å². The Bertz CT molecular complexity index is 306. The summed E-state index contributed by atoms with van der Waals surface area (Å²) in [6.45, 7) is 3.36. The number of hydrogen-bond acceptors (Lipinski definition) is 4. The predicted octanol–water partition coefficient (Wildman–Crippen LogP) is -1.10. The van der Waals surface area contributed by atoms with Crippen LogP contribution in [0.3, 0.4) is 0 Å². The van der Waals surface area contributed by atoms with Gasteiger partial charge in [-0.2, -0.15) is 0 Å². The number of carboxylic acids is 1. The first kappa shape index (κ1) is 16.2. The van der Waals surface area contributed by atoms with Crippen molar-refractivity contribution in [3.8, 4) is 0 Å². The van der Waals surface area contributed by atoms with Crippen molar-refractivity contribution >= 4 is 17.9 Å². The van der Waals surface area contributed by atoms with Gasteiger partial charge < -0.3 is 26.2 Å². The quantitative estimate of drug-likeness (QED) is 0.412. The topological polar surface area (TPSA) is 131 Å². The summed E-state index contributed by atoms with van der Waals surface area (Å²) in [5, 5.41) is 13.2. The molecule has 104 valence electrons. The van der Waals surface area contributed by atoms with Crippen LogP contribution in [-0.2, 0) is 14.3 Å². The zero-order valence-electron chi connectivity index (χ0n) is 10.4. The van der Waals surface area contributed by atoms with E-state index >= 15 is 0 Å². The Balaban J connectivity index is 3.96. The van der Waals surface area contributed by atoms with Crippen LogP contribution < -0.4 is 16.4 Å². The molecule has 0 aromatic carbocycles. The SMILES string of the molecule is CC(C)C(NC(N)=O)C(=O)NCCOCC(=O)O. The third-order valence-corrected chi connectivity index (χ3v) is 2.02. The van der Waals surface area contributed by atoms with Gasteiger partial charge in [0.1, 0.15) is 12.6 Å². The molecule has 0 spiro atoms. The van der Waals surface area contributed by atoms with Crippen LogP contribution in [0.25, 0.3) is 0 Å². The number of carboxylic acid groups (broad SMARTS) is 1. The second-order valence-corrected chi connectivity index (χ2v) is 3.97. The maximum absolute atomic E-state index is 11.7. The van der Waals surface area contributed by atoms with Crippen molar-refractivity contribution in [2.75, 3.05) is 19.8 Å². The Labute approximate surface area is 105 Å². The zero-order valence-corrected chi connectivity index (χ0v) is 10.4. The van der Waals surface area contributed by atoms with E-state index in [0.29, 0.717) is 0 Å². The van der Waals surface area contributed by atoms with E-state index in [0.717, 1.165) is 0 Å². The molecular weight excluding hydrogens is 242 g/mol. The average Bonchev–Trinajstić information content (AvgIpc) is 2.24. The van der Waals surface area contributed by atoms with Gasteiger partial charge in [0.15, 0.2) is 0 Å². The summed E-state index contributed by atoms with van der Waals surface area (Å²) in [5.41, 5.74) is 4.96. The molecule has 0 aromatic heterocycles. The lowest BCUT2D eigenvalue weighted by atomic mass is 10.0. The van der Waals surface area contributed by atoms with E-state index in [9.17, 15) is 14.4 Å². The summed E-state index contributed by atoms with van der Waals surface area (Å²) in [7, 11) is 0. The lowest BCUT2D eigenvalue weighted by Gasteiger charge is -2.20. The van der Waals surface area contributed by atoms with Crippen LogP contribution in [0.2, 0.25) is 0 Å². The molecule has 0 aromatic rings. The van der Waals surface area contributed by atoms with E-state index in [2.05, 4.69) is 10.6 Å². The number of hydrogen-bond donors (Lipinski definition) is 4. The van der Waals surface area contributed by atoms with Crippen molar-refractivity contribution in [1.82, 2.24) is 10.6 Å². The number of carbonyl (C=O) groups is 3. The van der Waals surface area contributed by atoms with Crippen LogP contribution in [-0.4, -0.2) is 48.8 Å². The number of rotatable bonds is 8. The number of ether oxygens (including phenoxy) is 1. The molecule has 0 aliphatic carbocycles. The highest BCUT2D eigenvalue weighted by Gasteiger charge is 2.22. The Hall–Kier alpha value is -1.83. The van der Waals surface area contributed by atoms with Gasteiger partial charge in [-0.05, 0) is 5.92 Å². The van der Waals surface area contributed by atoms with Gasteiger partial charge in [0, 0.05) is 6.54 Å². The summed E-state index contributed by atoms with van der Waals surface area (Å²) >= 11 is 0. The number of primary amides is 1. The van der Waals surface area contributed by atoms with E-state index in [1.165, 1.54) is 0 Å². The van der Waals surface area contributed by atoms with Crippen molar-refractivity contribution < 1.29 is 24.2 Å². The second-order valence-electron chi connectivity index (χ2n) is 3.97. The number of aliphatic carboxylic acids is 1. The van der Waals surface area contributed by atoms with E-state index in [1.54, 1.807) is 13.8 Å². The minimum atomic E-state index is -1.07. The number of carbonyl (C=O) groups excluding carboxylic acids is 2. The lowest BCUT2D eigenvalue weighted by molar-refractivity contribution is -0.142. The van der Waals surface area contributed by atoms with Crippen LogP contribution in [0.1, 0.15) is 13.8 Å². The molecule has 0 heterocycles. The van der Waals surface area contributed by atoms with Crippen molar-refractivity contribution in [3.05, 3.63) is 0 Å². The number of nitrogens with one attached hydrogen (secondary N) is 2. The van der Waals surface area contributed by atoms with Gasteiger partial charge in [-0.3, -0.25) is 4.79 Å². The van der Waals surface area contributed by atoms with Gasteiger partial charge >= 0.3 is 12.0 Å². The fraction of sp³-hybridized carbons (Fsp3) is 0.700. The minimum absolute atomic E-state index is 0.0828. The minimum Gasteiger partial charge on any atom is -0.480 e. The Morgan fingerprint density at radius 1 is 1.33 bits per heavy atom. The Morgan fingerprint density at radius 3 is 2.39 bits per heavy atom. The number of urea groups is 1. The Kier molecular flexibility index (Phi) is 7.45. The summed E-state index contributed by atoms with van der Waals surface area (Å²) in [6.07, 6.45) is 0. The Morgan fingerprint density at radius 2 is 1.94 bits per heavy atom. The normalized spacial score (nSPS) is 11.9. The van der Waals surface area contributed by atoms with Crippen LogP contribution in [0.5, 0.6) is 0 Å². The molecule has 3 amide bonds. The zero-order chi connectivity index (χ0) is 14.1. The fourth-order valence-corrected chi connectivity index (χ4v) is 1.20. The lowest BCUT2D eigenvalue weighted by Crippen LogP contribution is -2.51. The van der Waals surface area contributed by atoms with Crippen LogP contribution in [0.4, 0.5) is 4.79 Å². The van der Waals surface area contributed by atoms with Gasteiger partial charge in [0.25, 0.3) is 0 Å². The predicted molar refractivity (Wildman–Crippen MR) is 62.8 cm³/mol. The first-order valence-electron chi connectivity index (χ1n) is 5.47. The third kappa shape index (κ3) is 7.44. The first-order valence-corrected chi connectivity index (χ1v) is 5.47. The monoisotopic (exact) mass is 261 g/mol. The van der Waals surface area contributed by atoms with Crippen molar-refractivity contribution in [1.29, 1.82) is 0 Å². The standard InChI is InChI=1S/C10H19N3O5/c1-6(2)8(13-10(11)17)9(16)12-3-4-18-5-7(14)15/h6,8H,3-5H2,1-2H3,(H,12,16)(H,14,15)(H3,11,13,17). The maximum Gasteiger partial charge on any atom is 0.329 e. The molecule has 0 rings (SSSR count). The highest BCUT2D eigenvalue weighted by molar-refractivity contribution is 5.86. The van der Waals surface area contributed by atoms with Crippen molar-refractivity contribution in [2.45, 2.75) is 19.9 Å². The second kappa shape index (κ2) is 8.29. The van der Waals surface area contributed by atoms with Crippen LogP contribution in [0.15, 0.2) is 0 Å². The molecule has 8 heteroatoms. The summed E-state index contributed by atoms with van der Waals surface area (Å²) in [6, 6.07) is -1.49. The molecule has 0 bridgehead atoms. The fourth-order valence-electron chi connectivity index (χ4n) is 1.20. The summed E-state index contributed by atoms with van der Waals surface area (Å²) < 4.78 is 4.74. The molecule has 5 N–H and O–H groups in total. The molecule has 1 atom stereocenters. The third-order valence-electron chi connectivity index (χ3n) is 2.02. The van der Waals surface area contributed by atoms with Gasteiger partial charge in [-0.15, -0.1) is 0 Å².